The molecule has 1 rings (SSSR count). The fraction of sp³-hybridized carbons (Fsp3) is 0.250. The van der Waals surface area contributed by atoms with Crippen molar-refractivity contribution in [3.63, 3.8) is 0 Å². The van der Waals surface area contributed by atoms with Gasteiger partial charge in [0.15, 0.2) is 0 Å². The molecular weight excluding hydrogens is 235 g/mol. The lowest BCUT2D eigenvalue weighted by Crippen LogP contribution is -2.10. The second-order valence-electron chi connectivity index (χ2n) is 2.54. The zero-order valence-corrected chi connectivity index (χ0v) is 8.19. The van der Waals surface area contributed by atoms with E-state index in [0.29, 0.717) is 6.20 Å². The third-order valence-corrected chi connectivity index (χ3v) is 1.87. The molecule has 1 aromatic rings. The van der Waals surface area contributed by atoms with Gasteiger partial charge in [0.25, 0.3) is 0 Å². The molecule has 0 atom stereocenters. The van der Waals surface area contributed by atoms with Crippen molar-refractivity contribution in [2.75, 3.05) is 7.11 Å². The van der Waals surface area contributed by atoms with E-state index in [1.54, 1.807) is 0 Å². The smallest absolute Gasteiger partial charge is 0.419 e. The number of carbonyl (C=O) groups is 1. The zero-order chi connectivity index (χ0) is 11.6. The van der Waals surface area contributed by atoms with E-state index >= 15 is 0 Å². The molecule has 0 unspecified atom stereocenters. The molecule has 0 radical (unpaired) electrons. The van der Waals surface area contributed by atoms with Gasteiger partial charge in [-0.1, -0.05) is 11.6 Å². The van der Waals surface area contributed by atoms with Crippen LogP contribution in [0.4, 0.5) is 13.2 Å². The molecule has 0 aliphatic rings. The van der Waals surface area contributed by atoms with E-state index < -0.39 is 22.7 Å². The van der Waals surface area contributed by atoms with Gasteiger partial charge in [0.05, 0.1) is 17.7 Å². The molecule has 1 heterocycles. The number of rotatable bonds is 1. The maximum atomic E-state index is 12.2. The van der Waals surface area contributed by atoms with Crippen molar-refractivity contribution in [1.82, 2.24) is 4.98 Å². The summed E-state index contributed by atoms with van der Waals surface area (Å²) in [5.41, 5.74) is -1.35. The minimum absolute atomic E-state index is 0.268. The van der Waals surface area contributed by atoms with Gasteiger partial charge in [0.2, 0.25) is 0 Å². The zero-order valence-electron chi connectivity index (χ0n) is 7.43. The van der Waals surface area contributed by atoms with Gasteiger partial charge in [-0.25, -0.2) is 9.78 Å². The third kappa shape index (κ3) is 2.59. The Morgan fingerprint density at radius 1 is 1.53 bits per heavy atom. The second-order valence-corrected chi connectivity index (χ2v) is 2.95. The fourth-order valence-electron chi connectivity index (χ4n) is 0.856. The first-order valence-electron chi connectivity index (χ1n) is 3.67. The number of hydrogen-bond acceptors (Lipinski definition) is 3. The molecule has 1 aromatic heterocycles. The Bertz CT molecular complexity index is 392. The molecule has 0 N–H and O–H groups in total. The van der Waals surface area contributed by atoms with E-state index in [9.17, 15) is 18.0 Å². The van der Waals surface area contributed by atoms with Crippen LogP contribution in [0.1, 0.15) is 16.1 Å². The van der Waals surface area contributed by atoms with Crippen molar-refractivity contribution in [1.29, 1.82) is 0 Å². The molecule has 3 nitrogen and oxygen atoms in total. The van der Waals surface area contributed by atoms with Crippen LogP contribution in [0.15, 0.2) is 12.3 Å². The molecule has 0 aliphatic heterocycles. The summed E-state index contributed by atoms with van der Waals surface area (Å²) in [4.78, 5) is 14.2. The molecule has 15 heavy (non-hydrogen) atoms. The fourth-order valence-corrected chi connectivity index (χ4v) is 1.11. The normalized spacial score (nSPS) is 11.3. The average molecular weight is 240 g/mol. The Morgan fingerprint density at radius 2 is 2.13 bits per heavy atom. The van der Waals surface area contributed by atoms with E-state index in [2.05, 4.69) is 9.72 Å². The predicted octanol–water partition coefficient (Wildman–Crippen LogP) is 2.54. The van der Waals surface area contributed by atoms with E-state index in [-0.39, 0.29) is 5.69 Å². The van der Waals surface area contributed by atoms with Crippen LogP contribution < -0.4 is 0 Å². The first-order chi connectivity index (χ1) is 6.86. The number of nitrogens with zero attached hydrogens (tertiary/aromatic N) is 1. The average Bonchev–Trinajstić information content (AvgIpc) is 2.14. The number of alkyl halides is 3. The number of halogens is 4. The van der Waals surface area contributed by atoms with Crippen molar-refractivity contribution in [3.05, 3.63) is 28.5 Å². The maximum Gasteiger partial charge on any atom is 0.419 e. The number of methoxy groups -OCH3 is 1. The molecule has 0 aliphatic carbocycles. The number of ether oxygens (including phenoxy) is 1. The highest BCUT2D eigenvalue weighted by Gasteiger charge is 2.34. The molecule has 7 heteroatoms. The molecule has 0 spiro atoms. The summed E-state index contributed by atoms with van der Waals surface area (Å²) in [6.07, 6.45) is -4.09. The molecule has 0 aromatic carbocycles. The van der Waals surface area contributed by atoms with Gasteiger partial charge in [-0.3, -0.25) is 0 Å². The van der Waals surface area contributed by atoms with Gasteiger partial charge < -0.3 is 4.74 Å². The van der Waals surface area contributed by atoms with Crippen LogP contribution in [0.25, 0.3) is 0 Å². The minimum Gasteiger partial charge on any atom is -0.464 e. The number of aromatic nitrogens is 1. The summed E-state index contributed by atoms with van der Waals surface area (Å²) in [7, 11) is 1.09. The highest BCUT2D eigenvalue weighted by Crippen LogP contribution is 2.34. The highest BCUT2D eigenvalue weighted by molar-refractivity contribution is 6.31. The topological polar surface area (TPSA) is 39.2 Å². The van der Waals surface area contributed by atoms with Crippen LogP contribution in [-0.2, 0) is 10.9 Å². The van der Waals surface area contributed by atoms with Crippen molar-refractivity contribution >= 4 is 17.6 Å². The Kier molecular flexibility index (Phi) is 3.18. The Labute approximate surface area is 87.8 Å². The van der Waals surface area contributed by atoms with Crippen molar-refractivity contribution in [2.24, 2.45) is 0 Å². The molecule has 0 saturated heterocycles. The molecule has 0 amide bonds. The molecule has 0 fully saturated rings. The Hall–Kier alpha value is -1.30. The van der Waals surface area contributed by atoms with Crippen molar-refractivity contribution in [3.8, 4) is 0 Å². The van der Waals surface area contributed by atoms with Crippen molar-refractivity contribution < 1.29 is 22.7 Å². The minimum atomic E-state index is -4.58. The lowest BCUT2D eigenvalue weighted by molar-refractivity contribution is -0.137. The van der Waals surface area contributed by atoms with E-state index in [0.717, 1.165) is 13.2 Å². The van der Waals surface area contributed by atoms with Gasteiger partial charge in [0.1, 0.15) is 5.69 Å². The molecular formula is C8H5ClF3NO2. The van der Waals surface area contributed by atoms with Gasteiger partial charge >= 0.3 is 12.1 Å². The highest BCUT2D eigenvalue weighted by atomic mass is 35.5. The van der Waals surface area contributed by atoms with Crippen LogP contribution in [0.5, 0.6) is 0 Å². The number of esters is 1. The lowest BCUT2D eigenvalue weighted by Gasteiger charge is -2.08. The first-order valence-corrected chi connectivity index (χ1v) is 4.05. The van der Waals surface area contributed by atoms with Crippen LogP contribution in [0.2, 0.25) is 5.02 Å². The third-order valence-electron chi connectivity index (χ3n) is 1.55. The monoisotopic (exact) mass is 239 g/mol. The second kappa shape index (κ2) is 4.06. The Balaban J connectivity index is 3.15. The Morgan fingerprint density at radius 3 is 2.53 bits per heavy atom. The van der Waals surface area contributed by atoms with Crippen LogP contribution >= 0.6 is 11.6 Å². The number of pyridine rings is 1. The van der Waals surface area contributed by atoms with Crippen LogP contribution in [-0.4, -0.2) is 18.1 Å². The van der Waals surface area contributed by atoms with E-state index in [1.165, 1.54) is 0 Å². The van der Waals surface area contributed by atoms with Gasteiger partial charge in [0, 0.05) is 6.20 Å². The van der Waals surface area contributed by atoms with Crippen LogP contribution in [0, 0.1) is 0 Å². The quantitative estimate of drug-likeness (QED) is 0.707. The maximum absolute atomic E-state index is 12.2. The summed E-state index contributed by atoms with van der Waals surface area (Å²) in [6.45, 7) is 0. The van der Waals surface area contributed by atoms with Crippen LogP contribution in [0.3, 0.4) is 0 Å². The van der Waals surface area contributed by atoms with Gasteiger partial charge in [-0.05, 0) is 6.07 Å². The van der Waals surface area contributed by atoms with Gasteiger partial charge in [-0.15, -0.1) is 0 Å². The SMILES string of the molecule is COC(=O)c1cc(Cl)c(C(F)(F)F)cn1. The molecule has 0 bridgehead atoms. The first kappa shape index (κ1) is 11.8. The van der Waals surface area contributed by atoms with Gasteiger partial charge in [-0.2, -0.15) is 13.2 Å². The van der Waals surface area contributed by atoms with Crippen molar-refractivity contribution in [2.45, 2.75) is 6.18 Å². The molecule has 82 valence electrons. The lowest BCUT2D eigenvalue weighted by atomic mass is 10.2. The number of carbonyl (C=O) groups excluding carboxylic acids is 1. The standard InChI is InChI=1S/C8H5ClF3NO2/c1-15-7(14)6-2-5(9)4(3-13-6)8(10,11)12/h2-3H,1H3. The summed E-state index contributed by atoms with van der Waals surface area (Å²) in [5, 5.41) is -0.585. The van der Waals surface area contributed by atoms with E-state index in [1.807, 2.05) is 0 Å². The number of hydrogen-bond donors (Lipinski definition) is 0. The predicted molar refractivity (Wildman–Crippen MR) is 45.6 cm³/mol. The summed E-state index contributed by atoms with van der Waals surface area (Å²) >= 11 is 5.35. The molecule has 0 saturated carbocycles. The summed E-state index contributed by atoms with van der Waals surface area (Å²) < 4.78 is 40.9. The van der Waals surface area contributed by atoms with E-state index in [4.69, 9.17) is 11.6 Å². The largest absolute Gasteiger partial charge is 0.464 e. The summed E-state index contributed by atoms with van der Waals surface area (Å²) in [6, 6.07) is 0.816. The summed E-state index contributed by atoms with van der Waals surface area (Å²) in [5.74, 6) is -0.842.